The number of carbonyl (C=O) groups is 1. The maximum atomic E-state index is 10.7. The molecule has 6 nitrogen and oxygen atoms in total. The van der Waals surface area contributed by atoms with Crippen LogP contribution in [0.1, 0.15) is 39.8 Å². The Morgan fingerprint density at radius 3 is 2.60 bits per heavy atom. The fourth-order valence-electron chi connectivity index (χ4n) is 1.58. The molecule has 0 aliphatic heterocycles. The van der Waals surface area contributed by atoms with E-state index in [4.69, 9.17) is 9.47 Å². The van der Waals surface area contributed by atoms with Gasteiger partial charge >= 0.3 is 0 Å². The Labute approximate surface area is 120 Å². The standard InChI is InChI=1S/C14H25N3O3/c1-12(18)5-6-19-7-8-20-10-13-9-17(16-15-13)11-14(2,3)4/h9H,5-8,10-11H2,1-4H3. The Kier molecular flexibility index (Phi) is 6.81. The molecule has 20 heavy (non-hydrogen) atoms. The summed E-state index contributed by atoms with van der Waals surface area (Å²) < 4.78 is 12.5. The molecule has 0 aromatic carbocycles. The lowest BCUT2D eigenvalue weighted by atomic mass is 9.97. The van der Waals surface area contributed by atoms with Gasteiger partial charge in [-0.1, -0.05) is 26.0 Å². The van der Waals surface area contributed by atoms with Crippen molar-refractivity contribution in [3.05, 3.63) is 11.9 Å². The van der Waals surface area contributed by atoms with Gasteiger partial charge in [0.15, 0.2) is 0 Å². The van der Waals surface area contributed by atoms with E-state index in [9.17, 15) is 4.79 Å². The number of carbonyl (C=O) groups excluding carboxylic acids is 1. The van der Waals surface area contributed by atoms with E-state index in [2.05, 4.69) is 31.1 Å². The van der Waals surface area contributed by atoms with Gasteiger partial charge in [-0.2, -0.15) is 0 Å². The molecule has 0 aliphatic rings. The Morgan fingerprint density at radius 2 is 1.95 bits per heavy atom. The lowest BCUT2D eigenvalue weighted by Crippen LogP contribution is -2.15. The Bertz CT molecular complexity index is 410. The molecule has 0 spiro atoms. The van der Waals surface area contributed by atoms with E-state index >= 15 is 0 Å². The molecule has 0 unspecified atom stereocenters. The van der Waals surface area contributed by atoms with Crippen LogP contribution in [0.15, 0.2) is 6.20 Å². The van der Waals surface area contributed by atoms with Gasteiger partial charge in [-0.3, -0.25) is 9.48 Å². The van der Waals surface area contributed by atoms with Crippen molar-refractivity contribution in [2.75, 3.05) is 19.8 Å². The lowest BCUT2D eigenvalue weighted by Gasteiger charge is -2.16. The molecule has 0 atom stereocenters. The highest BCUT2D eigenvalue weighted by Gasteiger charge is 2.12. The van der Waals surface area contributed by atoms with Crippen LogP contribution in [0.25, 0.3) is 0 Å². The number of Topliss-reactive ketones (excluding diaryl/α,β-unsaturated/α-hetero) is 1. The molecule has 6 heteroatoms. The topological polar surface area (TPSA) is 66.2 Å². The second-order valence-corrected chi connectivity index (χ2v) is 6.09. The first-order chi connectivity index (χ1) is 9.37. The third-order valence-corrected chi connectivity index (χ3v) is 2.44. The van der Waals surface area contributed by atoms with Crippen molar-refractivity contribution in [3.63, 3.8) is 0 Å². The highest BCUT2D eigenvalue weighted by atomic mass is 16.5. The quantitative estimate of drug-likeness (QED) is 0.647. The number of ether oxygens (including phenoxy) is 2. The number of rotatable bonds is 9. The molecule has 0 radical (unpaired) electrons. The molecular formula is C14H25N3O3. The van der Waals surface area contributed by atoms with E-state index in [0.717, 1.165) is 12.2 Å². The molecule has 0 saturated heterocycles. The maximum absolute atomic E-state index is 10.7. The Hall–Kier alpha value is -1.27. The molecule has 0 aliphatic carbocycles. The molecule has 0 bridgehead atoms. The predicted octanol–water partition coefficient (Wildman–Crippen LogP) is 1.84. The highest BCUT2D eigenvalue weighted by molar-refractivity contribution is 5.75. The Morgan fingerprint density at radius 1 is 1.25 bits per heavy atom. The van der Waals surface area contributed by atoms with E-state index in [-0.39, 0.29) is 11.2 Å². The van der Waals surface area contributed by atoms with E-state index in [1.807, 2.05) is 10.9 Å². The van der Waals surface area contributed by atoms with Crippen LogP contribution in [-0.4, -0.2) is 40.6 Å². The number of nitrogens with zero attached hydrogens (tertiary/aromatic N) is 3. The minimum atomic E-state index is 0.140. The molecule has 0 saturated carbocycles. The molecule has 0 fully saturated rings. The van der Waals surface area contributed by atoms with Crippen LogP contribution in [0.5, 0.6) is 0 Å². The van der Waals surface area contributed by atoms with Gasteiger partial charge in [0.25, 0.3) is 0 Å². The van der Waals surface area contributed by atoms with Gasteiger partial charge in [0, 0.05) is 13.0 Å². The van der Waals surface area contributed by atoms with Crippen LogP contribution in [0.3, 0.4) is 0 Å². The van der Waals surface area contributed by atoms with Crippen molar-refractivity contribution in [3.8, 4) is 0 Å². The second-order valence-electron chi connectivity index (χ2n) is 6.09. The van der Waals surface area contributed by atoms with Gasteiger partial charge in [-0.05, 0) is 12.3 Å². The van der Waals surface area contributed by atoms with Crippen molar-refractivity contribution in [1.29, 1.82) is 0 Å². The van der Waals surface area contributed by atoms with Crippen LogP contribution in [0, 0.1) is 5.41 Å². The molecule has 114 valence electrons. The molecule has 1 aromatic rings. The van der Waals surface area contributed by atoms with Gasteiger partial charge < -0.3 is 9.47 Å². The van der Waals surface area contributed by atoms with Crippen LogP contribution in [0.4, 0.5) is 0 Å². The first-order valence-corrected chi connectivity index (χ1v) is 6.91. The van der Waals surface area contributed by atoms with Gasteiger partial charge in [0.1, 0.15) is 11.5 Å². The zero-order chi connectivity index (χ0) is 15.0. The molecular weight excluding hydrogens is 258 g/mol. The van der Waals surface area contributed by atoms with Crippen molar-refractivity contribution in [2.24, 2.45) is 5.41 Å². The van der Waals surface area contributed by atoms with Gasteiger partial charge in [-0.25, -0.2) is 0 Å². The highest BCUT2D eigenvalue weighted by Crippen LogP contribution is 2.15. The van der Waals surface area contributed by atoms with Crippen molar-refractivity contribution in [1.82, 2.24) is 15.0 Å². The normalized spacial score (nSPS) is 11.8. The smallest absolute Gasteiger partial charge is 0.132 e. The third kappa shape index (κ3) is 8.01. The molecule has 0 amide bonds. The molecule has 1 aromatic heterocycles. The fraction of sp³-hybridized carbons (Fsp3) is 0.786. The third-order valence-electron chi connectivity index (χ3n) is 2.44. The number of hydrogen-bond acceptors (Lipinski definition) is 5. The van der Waals surface area contributed by atoms with Gasteiger partial charge in [-0.15, -0.1) is 5.10 Å². The SMILES string of the molecule is CC(=O)CCOCCOCc1cn(CC(C)(C)C)nn1. The average molecular weight is 283 g/mol. The minimum Gasteiger partial charge on any atom is -0.379 e. The summed E-state index contributed by atoms with van der Waals surface area (Å²) in [5, 5.41) is 8.13. The zero-order valence-electron chi connectivity index (χ0n) is 12.9. The summed E-state index contributed by atoms with van der Waals surface area (Å²) in [4.78, 5) is 10.7. The summed E-state index contributed by atoms with van der Waals surface area (Å²) in [5.74, 6) is 0.140. The van der Waals surface area contributed by atoms with E-state index in [1.54, 1.807) is 6.92 Å². The summed E-state index contributed by atoms with van der Waals surface area (Å²) >= 11 is 0. The summed E-state index contributed by atoms with van der Waals surface area (Å²) in [7, 11) is 0. The van der Waals surface area contributed by atoms with E-state index in [1.165, 1.54) is 0 Å². The number of ketones is 1. The monoisotopic (exact) mass is 283 g/mol. The summed E-state index contributed by atoms with van der Waals surface area (Å²) in [6.07, 6.45) is 2.36. The summed E-state index contributed by atoms with van der Waals surface area (Å²) in [6.45, 7) is 10.7. The summed E-state index contributed by atoms with van der Waals surface area (Å²) in [5.41, 5.74) is 0.995. The van der Waals surface area contributed by atoms with Gasteiger partial charge in [0.2, 0.25) is 0 Å². The molecule has 1 rings (SSSR count). The van der Waals surface area contributed by atoms with Crippen molar-refractivity contribution in [2.45, 2.75) is 47.3 Å². The van der Waals surface area contributed by atoms with Crippen molar-refractivity contribution < 1.29 is 14.3 Å². The first kappa shape index (κ1) is 16.8. The molecule has 1 heterocycles. The molecule has 0 N–H and O–H groups in total. The second kappa shape index (κ2) is 8.11. The average Bonchev–Trinajstić information content (AvgIpc) is 2.72. The minimum absolute atomic E-state index is 0.140. The zero-order valence-corrected chi connectivity index (χ0v) is 12.9. The van der Waals surface area contributed by atoms with Crippen molar-refractivity contribution >= 4 is 5.78 Å². The maximum Gasteiger partial charge on any atom is 0.132 e. The number of aromatic nitrogens is 3. The summed E-state index contributed by atoms with van der Waals surface area (Å²) in [6, 6.07) is 0. The van der Waals surface area contributed by atoms with Crippen LogP contribution < -0.4 is 0 Å². The van der Waals surface area contributed by atoms with E-state index < -0.39 is 0 Å². The van der Waals surface area contributed by atoms with Crippen LogP contribution >= 0.6 is 0 Å². The first-order valence-electron chi connectivity index (χ1n) is 6.91. The van der Waals surface area contributed by atoms with Gasteiger partial charge in [0.05, 0.1) is 32.6 Å². The lowest BCUT2D eigenvalue weighted by molar-refractivity contribution is -0.118. The number of hydrogen-bond donors (Lipinski definition) is 0. The predicted molar refractivity (Wildman–Crippen MR) is 75.3 cm³/mol. The fourth-order valence-corrected chi connectivity index (χ4v) is 1.58. The van der Waals surface area contributed by atoms with Crippen LogP contribution in [-0.2, 0) is 27.4 Å². The van der Waals surface area contributed by atoms with E-state index in [0.29, 0.717) is 32.8 Å². The largest absolute Gasteiger partial charge is 0.379 e. The van der Waals surface area contributed by atoms with Crippen LogP contribution in [0.2, 0.25) is 0 Å². The Balaban J connectivity index is 2.12.